The summed E-state index contributed by atoms with van der Waals surface area (Å²) in [5.41, 5.74) is 3.28. The number of allylic oxidation sites excluding steroid dienone is 1. The summed E-state index contributed by atoms with van der Waals surface area (Å²) in [5, 5.41) is 0.00273. The summed E-state index contributed by atoms with van der Waals surface area (Å²) in [5.74, 6) is 0.279. The van der Waals surface area contributed by atoms with E-state index in [-0.39, 0.29) is 42.0 Å². The highest BCUT2D eigenvalue weighted by molar-refractivity contribution is 7.90. The molecular formula is C37H47ClN2O7S. The lowest BCUT2D eigenvalue weighted by molar-refractivity contribution is -0.145. The number of benzene rings is 2. The molecule has 5 atom stereocenters. The first-order valence-electron chi connectivity index (χ1n) is 17.4. The fourth-order valence-electron chi connectivity index (χ4n) is 7.99. The van der Waals surface area contributed by atoms with Crippen LogP contribution >= 0.6 is 11.6 Å². The van der Waals surface area contributed by atoms with E-state index in [0.29, 0.717) is 50.7 Å². The van der Waals surface area contributed by atoms with Crippen LogP contribution in [-0.2, 0) is 36.1 Å². The zero-order valence-corrected chi connectivity index (χ0v) is 29.5. The van der Waals surface area contributed by atoms with Gasteiger partial charge in [0.1, 0.15) is 5.75 Å². The number of amides is 1. The predicted octanol–water partition coefficient (Wildman–Crippen LogP) is 6.37. The number of esters is 1. The van der Waals surface area contributed by atoms with Crippen LogP contribution in [0, 0.1) is 11.8 Å². The Kier molecular flexibility index (Phi) is 10.7. The number of aryl methyl sites for hydroxylation is 1. The number of ether oxygens (including phenoxy) is 3. The van der Waals surface area contributed by atoms with Crippen LogP contribution in [-0.4, -0.2) is 64.6 Å². The largest absolute Gasteiger partial charge is 0.490 e. The molecule has 1 spiro atoms. The number of fused-ring (bicyclic) bond motifs is 4. The average Bonchev–Trinajstić information content (AvgIpc) is 3.19. The average molecular weight is 699 g/mol. The van der Waals surface area contributed by atoms with Crippen molar-refractivity contribution in [3.8, 4) is 5.75 Å². The van der Waals surface area contributed by atoms with Gasteiger partial charge in [-0.05, 0) is 112 Å². The summed E-state index contributed by atoms with van der Waals surface area (Å²) in [6.45, 7) is 6.08. The van der Waals surface area contributed by atoms with Crippen molar-refractivity contribution in [2.24, 2.45) is 11.8 Å². The van der Waals surface area contributed by atoms with Crippen molar-refractivity contribution >= 4 is 39.2 Å². The molecule has 2 aromatic rings. The van der Waals surface area contributed by atoms with E-state index in [1.165, 1.54) is 11.1 Å². The molecule has 2 aliphatic heterocycles. The van der Waals surface area contributed by atoms with Crippen molar-refractivity contribution in [2.45, 2.75) is 88.4 Å². The Morgan fingerprint density at radius 2 is 2.00 bits per heavy atom. The summed E-state index contributed by atoms with van der Waals surface area (Å²) >= 11 is 6.43. The highest BCUT2D eigenvalue weighted by Gasteiger charge is 2.44. The number of sulfonamides is 1. The molecule has 6 rings (SSSR count). The molecule has 0 unspecified atom stereocenters. The third-order valence-corrected chi connectivity index (χ3v) is 12.8. The lowest BCUT2D eigenvalue weighted by Gasteiger charge is -2.46. The molecule has 0 aromatic heterocycles. The molecule has 1 N–H and O–H groups in total. The molecule has 11 heteroatoms. The van der Waals surface area contributed by atoms with Crippen LogP contribution in [0.3, 0.4) is 0 Å². The molecule has 1 saturated carbocycles. The lowest BCUT2D eigenvalue weighted by atomic mass is 9.68. The highest BCUT2D eigenvalue weighted by Crippen LogP contribution is 2.47. The molecule has 2 aromatic carbocycles. The summed E-state index contributed by atoms with van der Waals surface area (Å²) < 4.78 is 47.2. The normalized spacial score (nSPS) is 28.9. The van der Waals surface area contributed by atoms with Gasteiger partial charge in [0.25, 0.3) is 5.91 Å². The molecule has 0 saturated heterocycles. The minimum absolute atomic E-state index is 0.178. The molecule has 4 aliphatic rings. The number of carbonyl (C=O) groups excluding carboxylic acids is 2. The second-order valence-electron chi connectivity index (χ2n) is 13.7. The van der Waals surface area contributed by atoms with Crippen molar-refractivity contribution in [1.82, 2.24) is 4.72 Å². The SMILES string of the molecule is CCOC(=O)CCO[C@H]1/C=C\CC[C@@H](CC)S(=O)(=O)NC(=O)c2ccc3c(c2)N(C[C@@H]2CC[C@H]21)C[C@@]1(CCCc2cc(Cl)ccc21)CO3. The Bertz CT molecular complexity index is 1650. The monoisotopic (exact) mass is 698 g/mol. The number of anilines is 1. The number of hydrogen-bond acceptors (Lipinski definition) is 8. The van der Waals surface area contributed by atoms with Gasteiger partial charge in [-0.15, -0.1) is 0 Å². The van der Waals surface area contributed by atoms with Crippen LogP contribution in [0.1, 0.15) is 86.7 Å². The summed E-state index contributed by atoms with van der Waals surface area (Å²) in [6.07, 6.45) is 10.2. The number of nitrogens with one attached hydrogen (secondary N) is 1. The smallest absolute Gasteiger partial charge is 0.308 e. The van der Waals surface area contributed by atoms with Gasteiger partial charge < -0.3 is 19.1 Å². The van der Waals surface area contributed by atoms with E-state index >= 15 is 0 Å². The molecule has 9 nitrogen and oxygen atoms in total. The first-order valence-corrected chi connectivity index (χ1v) is 19.4. The van der Waals surface area contributed by atoms with Crippen molar-refractivity contribution in [3.63, 3.8) is 0 Å². The van der Waals surface area contributed by atoms with Gasteiger partial charge >= 0.3 is 5.97 Å². The molecule has 48 heavy (non-hydrogen) atoms. The number of hydrogen-bond donors (Lipinski definition) is 1. The minimum atomic E-state index is -3.92. The second kappa shape index (κ2) is 14.8. The molecular weight excluding hydrogens is 652 g/mol. The van der Waals surface area contributed by atoms with Gasteiger partial charge in [-0.1, -0.05) is 36.7 Å². The van der Waals surface area contributed by atoms with Crippen LogP contribution in [0.4, 0.5) is 5.69 Å². The fraction of sp³-hybridized carbons (Fsp3) is 0.568. The van der Waals surface area contributed by atoms with Crippen LogP contribution in [0.2, 0.25) is 5.02 Å². The number of rotatable bonds is 6. The zero-order valence-electron chi connectivity index (χ0n) is 27.9. The van der Waals surface area contributed by atoms with E-state index in [1.54, 1.807) is 25.1 Å². The predicted molar refractivity (Wildman–Crippen MR) is 186 cm³/mol. The summed E-state index contributed by atoms with van der Waals surface area (Å²) in [4.78, 5) is 27.9. The van der Waals surface area contributed by atoms with Gasteiger partial charge in [-0.2, -0.15) is 0 Å². The third-order valence-electron chi connectivity index (χ3n) is 10.7. The van der Waals surface area contributed by atoms with E-state index in [9.17, 15) is 18.0 Å². The van der Waals surface area contributed by atoms with Gasteiger partial charge in [0.15, 0.2) is 0 Å². The molecule has 0 radical (unpaired) electrons. The van der Waals surface area contributed by atoms with Crippen LogP contribution in [0.15, 0.2) is 48.6 Å². The van der Waals surface area contributed by atoms with Crippen LogP contribution in [0.5, 0.6) is 5.75 Å². The zero-order chi connectivity index (χ0) is 33.9. The molecule has 1 fully saturated rings. The molecule has 2 bridgehead atoms. The van der Waals surface area contributed by atoms with Gasteiger partial charge in [-0.3, -0.25) is 9.59 Å². The minimum Gasteiger partial charge on any atom is -0.490 e. The third kappa shape index (κ3) is 7.41. The van der Waals surface area contributed by atoms with Crippen molar-refractivity contribution < 1.29 is 32.2 Å². The van der Waals surface area contributed by atoms with Gasteiger partial charge in [0, 0.05) is 29.1 Å². The van der Waals surface area contributed by atoms with Crippen molar-refractivity contribution in [3.05, 3.63) is 70.3 Å². The number of halogens is 1. The second-order valence-corrected chi connectivity index (χ2v) is 16.1. The van der Waals surface area contributed by atoms with Crippen LogP contribution < -0.4 is 14.4 Å². The van der Waals surface area contributed by atoms with E-state index < -0.39 is 21.2 Å². The molecule has 2 heterocycles. The number of nitrogens with zero attached hydrogens (tertiary/aromatic N) is 1. The first kappa shape index (κ1) is 34.8. The topological polar surface area (TPSA) is 111 Å². The molecule has 1 amide bonds. The number of carbonyl (C=O) groups is 2. The van der Waals surface area contributed by atoms with E-state index in [2.05, 4.69) is 21.8 Å². The Labute approximate surface area is 289 Å². The summed E-state index contributed by atoms with van der Waals surface area (Å²) in [7, 11) is -3.92. The van der Waals surface area contributed by atoms with Gasteiger partial charge in [-0.25, -0.2) is 13.1 Å². The van der Waals surface area contributed by atoms with Gasteiger partial charge in [0.2, 0.25) is 10.0 Å². The lowest BCUT2D eigenvalue weighted by Crippen LogP contribution is -2.49. The van der Waals surface area contributed by atoms with E-state index in [1.807, 2.05) is 25.1 Å². The summed E-state index contributed by atoms with van der Waals surface area (Å²) in [6, 6.07) is 11.4. The quantitative estimate of drug-likeness (QED) is 0.274. The maximum Gasteiger partial charge on any atom is 0.308 e. The fourth-order valence-corrected chi connectivity index (χ4v) is 9.61. The van der Waals surface area contributed by atoms with Crippen molar-refractivity contribution in [1.29, 1.82) is 0 Å². The molecule has 2 aliphatic carbocycles. The standard InChI is InChI=1S/C37H47ClN2O7S/c1-3-29-9-5-6-10-33(46-19-17-35(41)45-4-2)30-14-11-27(30)22-40-23-37(18-7-8-25-20-28(38)13-15-31(25)37)24-47-34-16-12-26(21-32(34)40)36(42)39-48(29,43)44/h6,10,12-13,15-16,20-21,27,29-30,33H,3-5,7-9,11,14,17-19,22-24H2,1-2H3,(H,39,42)/b10-6-/t27-,29+,30+,33-,37-/m0/s1. The Morgan fingerprint density at radius 3 is 2.77 bits per heavy atom. The Morgan fingerprint density at radius 1 is 1.15 bits per heavy atom. The first-order chi connectivity index (χ1) is 23.1. The molecule has 260 valence electrons. The van der Waals surface area contributed by atoms with Gasteiger partial charge in [0.05, 0.1) is 43.3 Å². The highest BCUT2D eigenvalue weighted by atomic mass is 35.5. The van der Waals surface area contributed by atoms with E-state index in [4.69, 9.17) is 25.8 Å². The Hall–Kier alpha value is -3.08. The maximum absolute atomic E-state index is 13.5. The van der Waals surface area contributed by atoms with E-state index in [0.717, 1.165) is 49.4 Å². The Balaban J connectivity index is 1.37. The maximum atomic E-state index is 13.5. The van der Waals surface area contributed by atoms with Crippen molar-refractivity contribution in [2.75, 3.05) is 37.8 Å². The van der Waals surface area contributed by atoms with Crippen LogP contribution in [0.25, 0.3) is 0 Å².